The average Bonchev–Trinajstić information content (AvgIpc) is 2.46. The van der Waals surface area contributed by atoms with E-state index in [1.165, 1.54) is 0 Å². The molecule has 2 aliphatic rings. The quantitative estimate of drug-likeness (QED) is 0.837. The van der Waals surface area contributed by atoms with Crippen molar-refractivity contribution in [2.75, 3.05) is 6.54 Å². The predicted molar refractivity (Wildman–Crippen MR) is 74.2 cm³/mol. The van der Waals surface area contributed by atoms with E-state index in [0.29, 0.717) is 12.1 Å². The number of ether oxygens (including phenoxy) is 1. The van der Waals surface area contributed by atoms with Crippen LogP contribution in [0, 0.1) is 5.92 Å². The summed E-state index contributed by atoms with van der Waals surface area (Å²) < 4.78 is 6.17. The molecule has 0 aromatic rings. The number of likely N-dealkylation sites (tertiary alicyclic amines) is 1. The fourth-order valence-electron chi connectivity index (χ4n) is 3.93. The zero-order valence-electron chi connectivity index (χ0n) is 12.8. The third kappa shape index (κ3) is 2.95. The molecule has 0 saturated carbocycles. The summed E-state index contributed by atoms with van der Waals surface area (Å²) >= 11 is 0. The van der Waals surface area contributed by atoms with Crippen molar-refractivity contribution >= 4 is 5.97 Å². The first-order valence-corrected chi connectivity index (χ1v) is 7.31. The van der Waals surface area contributed by atoms with Gasteiger partial charge < -0.3 is 9.84 Å². The van der Waals surface area contributed by atoms with E-state index in [4.69, 9.17) is 9.84 Å². The van der Waals surface area contributed by atoms with Gasteiger partial charge in [0.25, 0.3) is 0 Å². The van der Waals surface area contributed by atoms with Gasteiger partial charge in [-0.3, -0.25) is 9.69 Å². The van der Waals surface area contributed by atoms with Crippen molar-refractivity contribution in [2.45, 2.75) is 77.2 Å². The van der Waals surface area contributed by atoms with Crippen molar-refractivity contribution in [2.24, 2.45) is 5.92 Å². The summed E-state index contributed by atoms with van der Waals surface area (Å²) in [6, 6.07) is 0.698. The minimum absolute atomic E-state index is 0.0858. The van der Waals surface area contributed by atoms with Gasteiger partial charge in [0.05, 0.1) is 17.1 Å². The molecule has 4 heteroatoms. The summed E-state index contributed by atoms with van der Waals surface area (Å²) in [6.45, 7) is 11.6. The second-order valence-electron chi connectivity index (χ2n) is 7.33. The molecule has 0 aromatic carbocycles. The van der Waals surface area contributed by atoms with Gasteiger partial charge in [0.2, 0.25) is 0 Å². The van der Waals surface area contributed by atoms with Gasteiger partial charge in [-0.2, -0.15) is 0 Å². The molecule has 0 spiro atoms. The molecule has 2 aliphatic heterocycles. The van der Waals surface area contributed by atoms with E-state index in [1.54, 1.807) is 0 Å². The van der Waals surface area contributed by atoms with Crippen molar-refractivity contribution in [1.82, 2.24) is 4.90 Å². The number of hydrogen-bond donors (Lipinski definition) is 1. The number of rotatable bonds is 2. The van der Waals surface area contributed by atoms with Gasteiger partial charge in [0.1, 0.15) is 0 Å². The summed E-state index contributed by atoms with van der Waals surface area (Å²) in [4.78, 5) is 13.6. The topological polar surface area (TPSA) is 49.8 Å². The van der Waals surface area contributed by atoms with Crippen LogP contribution < -0.4 is 0 Å². The molecule has 2 fully saturated rings. The molecule has 3 unspecified atom stereocenters. The third-order valence-corrected chi connectivity index (χ3v) is 4.70. The van der Waals surface area contributed by atoms with E-state index >= 15 is 0 Å². The van der Waals surface area contributed by atoms with E-state index < -0.39 is 5.97 Å². The Kier molecular flexibility index (Phi) is 3.69. The largest absolute Gasteiger partial charge is 0.481 e. The summed E-state index contributed by atoms with van der Waals surface area (Å²) in [6.07, 6.45) is 2.52. The first-order chi connectivity index (χ1) is 8.62. The molecule has 3 atom stereocenters. The Labute approximate surface area is 116 Å². The predicted octanol–water partition coefficient (Wildman–Crippen LogP) is 2.52. The summed E-state index contributed by atoms with van der Waals surface area (Å²) in [5.41, 5.74) is -0.245. The van der Waals surface area contributed by atoms with Gasteiger partial charge in [-0.15, -0.1) is 0 Å². The van der Waals surface area contributed by atoms with Gasteiger partial charge in [-0.05, 0) is 60.4 Å². The number of carboxylic acid groups (broad SMARTS) is 1. The molecule has 2 rings (SSSR count). The highest BCUT2D eigenvalue weighted by atomic mass is 16.5. The molecule has 0 amide bonds. The van der Waals surface area contributed by atoms with Crippen LogP contribution in [0.2, 0.25) is 0 Å². The smallest absolute Gasteiger partial charge is 0.306 e. The normalized spacial score (nSPS) is 38.3. The Morgan fingerprint density at radius 3 is 2.37 bits per heavy atom. The highest BCUT2D eigenvalue weighted by Gasteiger charge is 2.50. The van der Waals surface area contributed by atoms with Gasteiger partial charge in [-0.1, -0.05) is 0 Å². The van der Waals surface area contributed by atoms with Crippen LogP contribution in [0.1, 0.15) is 53.9 Å². The van der Waals surface area contributed by atoms with E-state index in [1.807, 2.05) is 0 Å². The van der Waals surface area contributed by atoms with Crippen LogP contribution in [0.25, 0.3) is 0 Å². The van der Waals surface area contributed by atoms with Crippen LogP contribution in [-0.2, 0) is 9.53 Å². The lowest BCUT2D eigenvalue weighted by Crippen LogP contribution is -2.54. The molecule has 110 valence electrons. The zero-order chi connectivity index (χ0) is 14.4. The summed E-state index contributed by atoms with van der Waals surface area (Å²) in [5, 5.41) is 9.15. The van der Waals surface area contributed by atoms with Crippen molar-refractivity contribution < 1.29 is 14.6 Å². The van der Waals surface area contributed by atoms with Crippen molar-refractivity contribution in [3.63, 3.8) is 0 Å². The second kappa shape index (κ2) is 4.74. The molecule has 19 heavy (non-hydrogen) atoms. The zero-order valence-corrected chi connectivity index (χ0v) is 12.8. The number of hydrogen-bond acceptors (Lipinski definition) is 3. The highest BCUT2D eigenvalue weighted by Crippen LogP contribution is 2.42. The summed E-state index contributed by atoms with van der Waals surface area (Å²) in [5.74, 6) is -0.821. The Balaban J connectivity index is 2.09. The minimum atomic E-state index is -0.645. The van der Waals surface area contributed by atoms with E-state index in [2.05, 4.69) is 39.5 Å². The number of carbonyl (C=O) groups is 1. The molecule has 0 aromatic heterocycles. The number of nitrogens with zero attached hydrogens (tertiary/aromatic N) is 1. The minimum Gasteiger partial charge on any atom is -0.481 e. The molecule has 1 N–H and O–H groups in total. The first kappa shape index (κ1) is 14.8. The first-order valence-electron chi connectivity index (χ1n) is 7.31. The number of piperidine rings is 1. The van der Waals surface area contributed by atoms with Crippen molar-refractivity contribution in [1.29, 1.82) is 0 Å². The van der Waals surface area contributed by atoms with Crippen LogP contribution in [0.15, 0.2) is 0 Å². The van der Waals surface area contributed by atoms with Crippen LogP contribution in [0.3, 0.4) is 0 Å². The maximum Gasteiger partial charge on any atom is 0.306 e. The lowest BCUT2D eigenvalue weighted by Gasteiger charge is -2.44. The van der Waals surface area contributed by atoms with Crippen LogP contribution in [0.5, 0.6) is 0 Å². The fourth-order valence-corrected chi connectivity index (χ4v) is 3.93. The number of aliphatic carboxylic acids is 1. The average molecular weight is 269 g/mol. The lowest BCUT2D eigenvalue weighted by atomic mass is 9.86. The molecule has 0 bridgehead atoms. The van der Waals surface area contributed by atoms with Crippen molar-refractivity contribution in [3.05, 3.63) is 0 Å². The van der Waals surface area contributed by atoms with Gasteiger partial charge in [0, 0.05) is 12.1 Å². The third-order valence-electron chi connectivity index (χ3n) is 4.70. The maximum absolute atomic E-state index is 11.1. The Bertz CT molecular complexity index is 364. The monoisotopic (exact) mass is 269 g/mol. The van der Waals surface area contributed by atoms with Gasteiger partial charge >= 0.3 is 5.97 Å². The molecular weight excluding hydrogens is 242 g/mol. The molecule has 2 heterocycles. The van der Waals surface area contributed by atoms with Crippen LogP contribution in [0.4, 0.5) is 0 Å². The molecule has 0 radical (unpaired) electrons. The highest BCUT2D eigenvalue weighted by molar-refractivity contribution is 5.70. The lowest BCUT2D eigenvalue weighted by molar-refractivity contribution is -0.145. The van der Waals surface area contributed by atoms with Crippen LogP contribution in [-0.4, -0.2) is 45.8 Å². The van der Waals surface area contributed by atoms with E-state index in [0.717, 1.165) is 25.8 Å². The Hall–Kier alpha value is -0.610. The summed E-state index contributed by atoms with van der Waals surface area (Å²) in [7, 11) is 0. The van der Waals surface area contributed by atoms with Gasteiger partial charge in [-0.25, -0.2) is 0 Å². The second-order valence-corrected chi connectivity index (χ2v) is 7.33. The van der Waals surface area contributed by atoms with Gasteiger partial charge in [0.15, 0.2) is 0 Å². The Morgan fingerprint density at radius 2 is 1.95 bits per heavy atom. The molecule has 0 aliphatic carbocycles. The number of carboxylic acids is 1. The fraction of sp³-hybridized carbons (Fsp3) is 0.933. The van der Waals surface area contributed by atoms with Crippen molar-refractivity contribution in [3.8, 4) is 0 Å². The molecule has 4 nitrogen and oxygen atoms in total. The SMILES string of the molecule is CC1CC(C(=O)O)CCN1C1CC(C)(C)OC1(C)C. The van der Waals surface area contributed by atoms with E-state index in [-0.39, 0.29) is 17.1 Å². The van der Waals surface area contributed by atoms with Crippen LogP contribution >= 0.6 is 0 Å². The maximum atomic E-state index is 11.1. The van der Waals surface area contributed by atoms with E-state index in [9.17, 15) is 4.79 Å². The Morgan fingerprint density at radius 1 is 1.32 bits per heavy atom. The molecule has 2 saturated heterocycles. The standard InChI is InChI=1S/C15H27NO3/c1-10-8-11(13(17)18)6-7-16(10)12-9-14(2,3)19-15(12,4)5/h10-12H,6-9H2,1-5H3,(H,17,18). The molecular formula is C15H27NO3.